The maximum atomic E-state index is 9.97. The molecule has 0 aromatic carbocycles. The number of hydrogen-bond donors (Lipinski definition) is 0. The Morgan fingerprint density at radius 3 is 3.00 bits per heavy atom. The maximum Gasteiger partial charge on any atom is 1.00 e. The Morgan fingerprint density at radius 1 is 1.75 bits per heavy atom. The Morgan fingerprint density at radius 2 is 2.62 bits per heavy atom. The first kappa shape index (κ1) is 4.97. The molecule has 1 aromatic rings. The summed E-state index contributed by atoms with van der Waals surface area (Å²) in [4.78, 5) is 13.7. The van der Waals surface area contributed by atoms with Gasteiger partial charge in [0, 0.05) is 18.0 Å². The van der Waals surface area contributed by atoms with Gasteiger partial charge in [-0.15, -0.1) is 0 Å². The second-order valence-electron chi connectivity index (χ2n) is 1.40. The fraction of sp³-hybridized carbons (Fsp3) is 0. The van der Waals surface area contributed by atoms with Gasteiger partial charge >= 0.3 is 1.43 Å². The van der Waals surface area contributed by atoms with Gasteiger partial charge in [0.05, 0.1) is 0 Å². The molecule has 1 aromatic heterocycles. The topological polar surface area (TPSA) is 30.0 Å². The van der Waals surface area contributed by atoms with Crippen molar-refractivity contribution in [1.29, 1.82) is 0 Å². The van der Waals surface area contributed by atoms with Crippen LogP contribution < -0.4 is 0 Å². The lowest BCUT2D eigenvalue weighted by Gasteiger charge is -1.81. The molecule has 0 aliphatic rings. The van der Waals surface area contributed by atoms with Crippen LogP contribution in [0.4, 0.5) is 0 Å². The third-order valence-electron chi connectivity index (χ3n) is 0.820. The molecule has 0 bridgehead atoms. The SMILES string of the molecule is O=Cc1cccnc1.[H+]. The van der Waals surface area contributed by atoms with E-state index >= 15 is 0 Å². The second kappa shape index (κ2) is 2.21. The first-order chi connectivity index (χ1) is 3.93. The Balaban J connectivity index is 0.000000640. The number of nitrogens with zero attached hydrogens (tertiary/aromatic N) is 1. The van der Waals surface area contributed by atoms with Gasteiger partial charge in [0.25, 0.3) is 0 Å². The summed E-state index contributed by atoms with van der Waals surface area (Å²) in [6.45, 7) is 0. The van der Waals surface area contributed by atoms with Gasteiger partial charge in [0.2, 0.25) is 0 Å². The van der Waals surface area contributed by atoms with Crippen molar-refractivity contribution in [2.24, 2.45) is 0 Å². The van der Waals surface area contributed by atoms with Crippen molar-refractivity contribution in [2.75, 3.05) is 0 Å². The van der Waals surface area contributed by atoms with Gasteiger partial charge in [-0.25, -0.2) is 0 Å². The van der Waals surface area contributed by atoms with Crippen molar-refractivity contribution >= 4 is 6.29 Å². The van der Waals surface area contributed by atoms with E-state index in [4.69, 9.17) is 0 Å². The molecule has 0 atom stereocenters. The van der Waals surface area contributed by atoms with E-state index in [2.05, 4.69) is 4.98 Å². The monoisotopic (exact) mass is 108 g/mol. The summed E-state index contributed by atoms with van der Waals surface area (Å²) in [5.74, 6) is 0. The Labute approximate surface area is 48.7 Å². The molecule has 1 heterocycles. The maximum absolute atomic E-state index is 9.97. The number of aromatic nitrogens is 1. The van der Waals surface area contributed by atoms with Crippen LogP contribution in [-0.2, 0) is 0 Å². The lowest BCUT2D eigenvalue weighted by Crippen LogP contribution is -1.77. The molecule has 0 amide bonds. The van der Waals surface area contributed by atoms with Gasteiger partial charge in [-0.05, 0) is 12.1 Å². The summed E-state index contributed by atoms with van der Waals surface area (Å²) in [6.07, 6.45) is 3.92. The highest BCUT2D eigenvalue weighted by Crippen LogP contribution is 1.87. The van der Waals surface area contributed by atoms with Gasteiger partial charge in [0.15, 0.2) is 6.29 Å². The summed E-state index contributed by atoms with van der Waals surface area (Å²) in [6, 6.07) is 3.43. The van der Waals surface area contributed by atoms with Gasteiger partial charge in [-0.1, -0.05) is 0 Å². The zero-order valence-corrected chi connectivity index (χ0v) is 4.24. The summed E-state index contributed by atoms with van der Waals surface area (Å²) in [5, 5.41) is 0. The van der Waals surface area contributed by atoms with Gasteiger partial charge < -0.3 is 0 Å². The predicted molar refractivity (Wildman–Crippen MR) is 30.7 cm³/mol. The first-order valence-corrected chi connectivity index (χ1v) is 2.28. The Bertz CT molecular complexity index is 176. The standard InChI is InChI=1S/C6H5NO/c8-5-6-2-1-3-7-4-6/h1-5H/p+1. The van der Waals surface area contributed by atoms with Crippen LogP contribution in [0, 0.1) is 0 Å². The van der Waals surface area contributed by atoms with Crippen LogP contribution in [0.25, 0.3) is 0 Å². The van der Waals surface area contributed by atoms with E-state index < -0.39 is 0 Å². The highest BCUT2D eigenvalue weighted by Gasteiger charge is 1.81. The largest absolute Gasteiger partial charge is 1.00 e. The number of carbonyl (C=O) groups is 1. The molecular formula is C6H6NO+. The minimum absolute atomic E-state index is 0. The zero-order chi connectivity index (χ0) is 5.82. The molecule has 0 saturated heterocycles. The van der Waals surface area contributed by atoms with E-state index in [1.165, 1.54) is 6.20 Å². The van der Waals surface area contributed by atoms with Gasteiger partial charge in [-0.3, -0.25) is 9.78 Å². The van der Waals surface area contributed by atoms with Crippen molar-refractivity contribution in [3.05, 3.63) is 30.1 Å². The second-order valence-corrected chi connectivity index (χ2v) is 1.40. The van der Waals surface area contributed by atoms with E-state index in [-0.39, 0.29) is 1.43 Å². The zero-order valence-electron chi connectivity index (χ0n) is 5.24. The molecule has 0 spiro atoms. The molecule has 2 heteroatoms. The molecule has 2 nitrogen and oxygen atoms in total. The van der Waals surface area contributed by atoms with Crippen LogP contribution in [0.1, 0.15) is 11.8 Å². The normalized spacial score (nSPS) is 8.50. The third kappa shape index (κ3) is 0.904. The number of rotatable bonds is 1. The van der Waals surface area contributed by atoms with E-state index in [1.54, 1.807) is 18.3 Å². The molecule has 0 unspecified atom stereocenters. The average Bonchev–Trinajstić information content (AvgIpc) is 1.90. The molecule has 1 rings (SSSR count). The molecule has 0 radical (unpaired) electrons. The molecular weight excluding hydrogens is 102 g/mol. The quantitative estimate of drug-likeness (QED) is 0.502. The lowest BCUT2D eigenvalue weighted by molar-refractivity contribution is 0.112. The third-order valence-corrected chi connectivity index (χ3v) is 0.820. The highest BCUT2D eigenvalue weighted by atomic mass is 16.1. The van der Waals surface area contributed by atoms with Crippen LogP contribution in [0.2, 0.25) is 0 Å². The minimum atomic E-state index is 0. The molecule has 0 fully saturated rings. The van der Waals surface area contributed by atoms with Gasteiger partial charge in [-0.2, -0.15) is 0 Å². The van der Waals surface area contributed by atoms with Crippen molar-refractivity contribution < 1.29 is 6.22 Å². The summed E-state index contributed by atoms with van der Waals surface area (Å²) >= 11 is 0. The summed E-state index contributed by atoms with van der Waals surface area (Å²) in [7, 11) is 0. The molecule has 0 saturated carbocycles. The predicted octanol–water partition coefficient (Wildman–Crippen LogP) is 1.01. The van der Waals surface area contributed by atoms with Crippen molar-refractivity contribution in [3.8, 4) is 0 Å². The molecule has 40 valence electrons. The van der Waals surface area contributed by atoms with E-state index in [1.807, 2.05) is 0 Å². The summed E-state index contributed by atoms with van der Waals surface area (Å²) < 4.78 is 0. The number of hydrogen-bond acceptors (Lipinski definition) is 2. The highest BCUT2D eigenvalue weighted by molar-refractivity contribution is 5.73. The number of pyridine rings is 1. The fourth-order valence-corrected chi connectivity index (χ4v) is 0.446. The van der Waals surface area contributed by atoms with Crippen LogP contribution in [0.5, 0.6) is 0 Å². The van der Waals surface area contributed by atoms with E-state index in [0.717, 1.165) is 6.29 Å². The number of carbonyl (C=O) groups excluding carboxylic acids is 1. The smallest absolute Gasteiger partial charge is 0.298 e. The lowest BCUT2D eigenvalue weighted by atomic mass is 10.3. The fourth-order valence-electron chi connectivity index (χ4n) is 0.446. The molecule has 8 heavy (non-hydrogen) atoms. The van der Waals surface area contributed by atoms with Crippen molar-refractivity contribution in [3.63, 3.8) is 0 Å². The molecule has 0 aliphatic heterocycles. The van der Waals surface area contributed by atoms with Gasteiger partial charge in [0.1, 0.15) is 0 Å². The first-order valence-electron chi connectivity index (χ1n) is 2.28. The van der Waals surface area contributed by atoms with E-state index in [9.17, 15) is 4.79 Å². The van der Waals surface area contributed by atoms with Crippen LogP contribution >= 0.6 is 0 Å². The van der Waals surface area contributed by atoms with Crippen LogP contribution in [0.3, 0.4) is 0 Å². The molecule has 0 aliphatic carbocycles. The Hall–Kier alpha value is -1.18. The van der Waals surface area contributed by atoms with Crippen molar-refractivity contribution in [1.82, 2.24) is 4.98 Å². The van der Waals surface area contributed by atoms with Crippen molar-refractivity contribution in [2.45, 2.75) is 0 Å². The molecule has 0 N–H and O–H groups in total. The minimum Gasteiger partial charge on any atom is -0.298 e. The van der Waals surface area contributed by atoms with Crippen LogP contribution in [-0.4, -0.2) is 11.3 Å². The number of aldehydes is 1. The van der Waals surface area contributed by atoms with Crippen LogP contribution in [0.15, 0.2) is 24.5 Å². The Kier molecular flexibility index (Phi) is 1.37. The summed E-state index contributed by atoms with van der Waals surface area (Å²) in [5.41, 5.74) is 0.618. The average molecular weight is 108 g/mol. The van der Waals surface area contributed by atoms with E-state index in [0.29, 0.717) is 5.56 Å².